The molecule has 0 spiro atoms. The van der Waals surface area contributed by atoms with Crippen LogP contribution in [0, 0.1) is 6.92 Å². The zero-order valence-corrected chi connectivity index (χ0v) is 14.4. The van der Waals surface area contributed by atoms with Crippen molar-refractivity contribution in [3.05, 3.63) is 64.8 Å². The van der Waals surface area contributed by atoms with Gasteiger partial charge in [0.15, 0.2) is 11.5 Å². The molecule has 4 rings (SSSR count). The number of carbonyl (C=O) groups excluding carboxylic acids is 1. The number of aromatic nitrogens is 1. The third-order valence-corrected chi connectivity index (χ3v) is 4.90. The lowest BCUT2D eigenvalue weighted by Gasteiger charge is -2.06. The van der Waals surface area contributed by atoms with Gasteiger partial charge in [-0.05, 0) is 30.2 Å². The number of nitrogens with zero attached hydrogens (tertiary/aromatic N) is 1. The molecule has 1 aliphatic heterocycles. The van der Waals surface area contributed by atoms with Gasteiger partial charge in [0.05, 0.1) is 9.88 Å². The van der Waals surface area contributed by atoms with Crippen molar-refractivity contribution >= 4 is 17.2 Å². The molecule has 2 aromatic carbocycles. The Kier molecular flexibility index (Phi) is 4.11. The SMILES string of the molecule is Cc1nc(C(=O)NCc2ccc3c(c2)OCO3)c(-c2ccccc2)s1. The van der Waals surface area contributed by atoms with E-state index in [2.05, 4.69) is 10.3 Å². The average Bonchev–Trinajstić information content (AvgIpc) is 3.26. The Labute approximate surface area is 149 Å². The minimum Gasteiger partial charge on any atom is -0.454 e. The number of aryl methyl sites for hydroxylation is 1. The summed E-state index contributed by atoms with van der Waals surface area (Å²) in [6, 6.07) is 15.5. The van der Waals surface area contributed by atoms with Gasteiger partial charge in [0.25, 0.3) is 5.91 Å². The van der Waals surface area contributed by atoms with E-state index in [1.165, 1.54) is 11.3 Å². The predicted octanol–water partition coefficient (Wildman–Crippen LogP) is 3.78. The lowest BCUT2D eigenvalue weighted by molar-refractivity contribution is 0.0947. The zero-order valence-electron chi connectivity index (χ0n) is 13.6. The Morgan fingerprint density at radius 1 is 1.16 bits per heavy atom. The first-order chi connectivity index (χ1) is 12.2. The van der Waals surface area contributed by atoms with Crippen LogP contribution in [0.25, 0.3) is 10.4 Å². The molecule has 0 fully saturated rings. The maximum atomic E-state index is 12.6. The number of hydrogen-bond donors (Lipinski definition) is 1. The van der Waals surface area contributed by atoms with Crippen LogP contribution in [0.2, 0.25) is 0 Å². The highest BCUT2D eigenvalue weighted by Gasteiger charge is 2.19. The number of hydrogen-bond acceptors (Lipinski definition) is 5. The molecule has 0 atom stereocenters. The molecule has 0 unspecified atom stereocenters. The molecule has 0 radical (unpaired) electrons. The number of ether oxygens (including phenoxy) is 2. The largest absolute Gasteiger partial charge is 0.454 e. The second kappa shape index (κ2) is 6.57. The van der Waals surface area contributed by atoms with Crippen LogP contribution in [0.5, 0.6) is 11.5 Å². The minimum atomic E-state index is -0.180. The molecular formula is C19H16N2O3S. The number of thiazole rings is 1. The van der Waals surface area contributed by atoms with Crippen LogP contribution < -0.4 is 14.8 Å². The molecule has 2 heterocycles. The highest BCUT2D eigenvalue weighted by molar-refractivity contribution is 7.15. The Morgan fingerprint density at radius 2 is 1.96 bits per heavy atom. The molecule has 1 amide bonds. The smallest absolute Gasteiger partial charge is 0.271 e. The molecule has 25 heavy (non-hydrogen) atoms. The third-order valence-electron chi connectivity index (χ3n) is 3.88. The fourth-order valence-electron chi connectivity index (χ4n) is 2.68. The number of carbonyl (C=O) groups is 1. The van der Waals surface area contributed by atoms with E-state index in [-0.39, 0.29) is 12.7 Å². The van der Waals surface area contributed by atoms with Gasteiger partial charge in [-0.2, -0.15) is 0 Å². The van der Waals surface area contributed by atoms with Gasteiger partial charge in [0, 0.05) is 6.54 Å². The summed E-state index contributed by atoms with van der Waals surface area (Å²) in [5, 5.41) is 3.81. The van der Waals surface area contributed by atoms with Crippen LogP contribution in [-0.4, -0.2) is 17.7 Å². The molecule has 5 nitrogen and oxygen atoms in total. The van der Waals surface area contributed by atoms with Crippen molar-refractivity contribution in [2.45, 2.75) is 13.5 Å². The van der Waals surface area contributed by atoms with Gasteiger partial charge in [-0.1, -0.05) is 36.4 Å². The Morgan fingerprint density at radius 3 is 2.80 bits per heavy atom. The van der Waals surface area contributed by atoms with E-state index < -0.39 is 0 Å². The lowest BCUT2D eigenvalue weighted by atomic mass is 10.1. The van der Waals surface area contributed by atoms with Crippen LogP contribution in [0.15, 0.2) is 48.5 Å². The van der Waals surface area contributed by atoms with E-state index in [0.717, 1.165) is 26.8 Å². The molecule has 0 bridgehead atoms. The van der Waals surface area contributed by atoms with Gasteiger partial charge >= 0.3 is 0 Å². The summed E-state index contributed by atoms with van der Waals surface area (Å²) in [6.45, 7) is 2.55. The molecule has 126 valence electrons. The lowest BCUT2D eigenvalue weighted by Crippen LogP contribution is -2.23. The first-order valence-corrected chi connectivity index (χ1v) is 8.72. The average molecular weight is 352 g/mol. The third kappa shape index (κ3) is 3.21. The van der Waals surface area contributed by atoms with Gasteiger partial charge < -0.3 is 14.8 Å². The molecule has 6 heteroatoms. The summed E-state index contributed by atoms with van der Waals surface area (Å²) in [5.74, 6) is 1.26. The maximum Gasteiger partial charge on any atom is 0.271 e. The molecule has 1 N–H and O–H groups in total. The van der Waals surface area contributed by atoms with Crippen molar-refractivity contribution in [1.82, 2.24) is 10.3 Å². The number of rotatable bonds is 4. The molecule has 1 aromatic heterocycles. The van der Waals surface area contributed by atoms with E-state index in [9.17, 15) is 4.79 Å². The van der Waals surface area contributed by atoms with Crippen molar-refractivity contribution in [3.8, 4) is 21.9 Å². The van der Waals surface area contributed by atoms with E-state index in [0.29, 0.717) is 18.0 Å². The quantitative estimate of drug-likeness (QED) is 0.776. The fourth-order valence-corrected chi connectivity index (χ4v) is 3.60. The van der Waals surface area contributed by atoms with Crippen LogP contribution in [0.4, 0.5) is 0 Å². The van der Waals surface area contributed by atoms with Gasteiger partial charge in [-0.3, -0.25) is 4.79 Å². The topological polar surface area (TPSA) is 60.5 Å². The summed E-state index contributed by atoms with van der Waals surface area (Å²) < 4.78 is 10.7. The maximum absolute atomic E-state index is 12.6. The standard InChI is InChI=1S/C19H16N2O3S/c1-12-21-17(18(25-12)14-5-3-2-4-6-14)19(22)20-10-13-7-8-15-16(9-13)24-11-23-15/h2-9H,10-11H2,1H3,(H,20,22). The molecule has 0 aliphatic carbocycles. The first kappa shape index (κ1) is 15.7. The second-order valence-electron chi connectivity index (χ2n) is 5.65. The summed E-state index contributed by atoms with van der Waals surface area (Å²) in [5.41, 5.74) is 2.42. The highest BCUT2D eigenvalue weighted by atomic mass is 32.1. The summed E-state index contributed by atoms with van der Waals surface area (Å²) >= 11 is 1.53. The van der Waals surface area contributed by atoms with Crippen molar-refractivity contribution in [2.24, 2.45) is 0 Å². The van der Waals surface area contributed by atoms with Gasteiger partial charge in [0.1, 0.15) is 5.69 Å². The van der Waals surface area contributed by atoms with E-state index in [4.69, 9.17) is 9.47 Å². The van der Waals surface area contributed by atoms with Crippen molar-refractivity contribution in [1.29, 1.82) is 0 Å². The van der Waals surface area contributed by atoms with Crippen molar-refractivity contribution in [2.75, 3.05) is 6.79 Å². The van der Waals surface area contributed by atoms with E-state index >= 15 is 0 Å². The summed E-state index contributed by atoms with van der Waals surface area (Å²) in [6.07, 6.45) is 0. The molecule has 0 saturated carbocycles. The highest BCUT2D eigenvalue weighted by Crippen LogP contribution is 2.33. The number of amides is 1. The van der Waals surface area contributed by atoms with Crippen molar-refractivity contribution < 1.29 is 14.3 Å². The van der Waals surface area contributed by atoms with Crippen LogP contribution in [-0.2, 0) is 6.54 Å². The van der Waals surface area contributed by atoms with E-state index in [1.807, 2.05) is 55.5 Å². The molecule has 3 aromatic rings. The van der Waals surface area contributed by atoms with Gasteiger partial charge in [-0.25, -0.2) is 4.98 Å². The van der Waals surface area contributed by atoms with Gasteiger partial charge in [0.2, 0.25) is 6.79 Å². The molecule has 0 saturated heterocycles. The summed E-state index contributed by atoms with van der Waals surface area (Å²) in [7, 11) is 0. The molecule has 1 aliphatic rings. The summed E-state index contributed by atoms with van der Waals surface area (Å²) in [4.78, 5) is 17.9. The number of nitrogens with one attached hydrogen (secondary N) is 1. The van der Waals surface area contributed by atoms with Crippen LogP contribution >= 0.6 is 11.3 Å². The van der Waals surface area contributed by atoms with E-state index in [1.54, 1.807) is 0 Å². The Hall–Kier alpha value is -2.86. The first-order valence-electron chi connectivity index (χ1n) is 7.90. The van der Waals surface area contributed by atoms with Gasteiger partial charge in [-0.15, -0.1) is 11.3 Å². The Bertz CT molecular complexity index is 922. The van der Waals surface area contributed by atoms with Crippen LogP contribution in [0.1, 0.15) is 21.1 Å². The zero-order chi connectivity index (χ0) is 17.2. The number of fused-ring (bicyclic) bond motifs is 1. The Balaban J connectivity index is 1.52. The predicted molar refractivity (Wildman–Crippen MR) is 96.0 cm³/mol. The monoisotopic (exact) mass is 352 g/mol. The van der Waals surface area contributed by atoms with Crippen LogP contribution in [0.3, 0.4) is 0 Å². The number of benzene rings is 2. The second-order valence-corrected chi connectivity index (χ2v) is 6.85. The normalized spacial score (nSPS) is 12.2. The molecular weight excluding hydrogens is 336 g/mol. The fraction of sp³-hybridized carbons (Fsp3) is 0.158. The minimum absolute atomic E-state index is 0.180. The van der Waals surface area contributed by atoms with Crippen molar-refractivity contribution in [3.63, 3.8) is 0 Å².